The number of hydrogen-bond acceptors (Lipinski definition) is 0. The molecular weight excluding hydrogens is 882 g/mol. The third-order valence-electron chi connectivity index (χ3n) is 8.27. The molecule has 0 saturated heterocycles. The van der Waals surface area contributed by atoms with Crippen molar-refractivity contribution in [2.45, 2.75) is 0 Å². The van der Waals surface area contributed by atoms with Gasteiger partial charge >= 0.3 is 0 Å². The topological polar surface area (TPSA) is 0 Å². The monoisotopic (exact) mass is 912 g/mol. The second-order valence-electron chi connectivity index (χ2n) is 11.7. The van der Waals surface area contributed by atoms with Gasteiger partial charge in [-0.3, -0.25) is 0 Å². The summed E-state index contributed by atoms with van der Waals surface area (Å²) in [5, 5.41) is 0. The van der Waals surface area contributed by atoms with E-state index in [0.717, 1.165) is 0 Å². The molecule has 7 rings (SSSR count). The number of halogens is 6. The molecule has 0 spiro atoms. The number of hydrogen-bond donors (Lipinski definition) is 0. The Kier molecular flexibility index (Phi) is 12.5. The van der Waals surface area contributed by atoms with Gasteiger partial charge in [0.2, 0.25) is 0 Å². The third kappa shape index (κ3) is 8.97. The quantitative estimate of drug-likeness (QED) is 0.0491. The van der Waals surface area contributed by atoms with Crippen molar-refractivity contribution < 1.29 is 17.6 Å². The fraction of sp³-hybridized carbons (Fsp3) is 0. The first kappa shape index (κ1) is 37.0. The highest BCUT2D eigenvalue weighted by Gasteiger charge is 2.22. The van der Waals surface area contributed by atoms with Crippen LogP contribution in [-0.2, 0) is 0 Å². The predicted molar refractivity (Wildman–Crippen MR) is 223 cm³/mol. The molecule has 0 heterocycles. The van der Waals surface area contributed by atoms with Gasteiger partial charge in [0.05, 0.1) is 7.14 Å². The van der Waals surface area contributed by atoms with Gasteiger partial charge in [-0.05, 0) is 113 Å². The van der Waals surface area contributed by atoms with Crippen LogP contribution in [0.15, 0.2) is 170 Å². The molecule has 0 unspecified atom stereocenters. The smallest absolute Gasteiger partial charge is 0.176 e. The molecular formula is C46H30F4I2. The zero-order chi connectivity index (χ0) is 36.5. The summed E-state index contributed by atoms with van der Waals surface area (Å²) in [5.74, 6) is -5.39. The molecule has 256 valence electrons. The lowest BCUT2D eigenvalue weighted by Crippen LogP contribution is -2.02. The average Bonchev–Trinajstić information content (AvgIpc) is 3.22. The van der Waals surface area contributed by atoms with E-state index in [9.17, 15) is 17.6 Å². The highest BCUT2D eigenvalue weighted by Crippen LogP contribution is 2.30. The van der Waals surface area contributed by atoms with Crippen LogP contribution >= 0.6 is 45.2 Å². The van der Waals surface area contributed by atoms with Crippen molar-refractivity contribution in [3.05, 3.63) is 234 Å². The second-order valence-corrected chi connectivity index (χ2v) is 13.9. The fourth-order valence-electron chi connectivity index (χ4n) is 5.59. The second kappa shape index (κ2) is 17.6. The highest BCUT2D eigenvalue weighted by molar-refractivity contribution is 14.1. The van der Waals surface area contributed by atoms with Gasteiger partial charge < -0.3 is 0 Å². The Morgan fingerprint density at radius 3 is 0.788 bits per heavy atom. The summed E-state index contributed by atoms with van der Waals surface area (Å²) in [6.07, 6.45) is 4.55. The first-order valence-corrected chi connectivity index (χ1v) is 18.5. The molecule has 0 aliphatic rings. The van der Waals surface area contributed by atoms with Crippen LogP contribution in [0.3, 0.4) is 0 Å². The Balaban J connectivity index is 0.000000330. The lowest BCUT2D eigenvalue weighted by atomic mass is 9.94. The summed E-state index contributed by atoms with van der Waals surface area (Å²) < 4.78 is 49.2. The molecule has 0 N–H and O–H groups in total. The molecule has 0 bridgehead atoms. The lowest BCUT2D eigenvalue weighted by Gasteiger charge is -2.10. The maximum Gasteiger partial charge on any atom is 0.176 e. The molecule has 7 aromatic rings. The van der Waals surface area contributed by atoms with Gasteiger partial charge in [-0.25, -0.2) is 17.6 Å². The van der Waals surface area contributed by atoms with Gasteiger partial charge in [-0.15, -0.1) is 0 Å². The third-order valence-corrected chi connectivity index (χ3v) is 10.2. The maximum atomic E-state index is 12.6. The van der Waals surface area contributed by atoms with Crippen molar-refractivity contribution in [3.8, 4) is 11.1 Å². The first-order valence-electron chi connectivity index (χ1n) is 16.3. The van der Waals surface area contributed by atoms with Crippen molar-refractivity contribution in [2.24, 2.45) is 0 Å². The van der Waals surface area contributed by atoms with Crippen LogP contribution in [0, 0.1) is 30.4 Å². The van der Waals surface area contributed by atoms with Crippen molar-refractivity contribution >= 4 is 68.5 Å². The summed E-state index contributed by atoms with van der Waals surface area (Å²) in [5.41, 5.74) is 12.1. The van der Waals surface area contributed by atoms with Gasteiger partial charge in [0.25, 0.3) is 0 Å². The van der Waals surface area contributed by atoms with Crippen LogP contribution in [0.2, 0.25) is 0 Å². The average molecular weight is 913 g/mol. The van der Waals surface area contributed by atoms with Crippen LogP contribution in [0.4, 0.5) is 17.6 Å². The molecule has 0 aliphatic carbocycles. The largest absolute Gasteiger partial charge is 0.202 e. The molecule has 0 saturated carbocycles. The van der Waals surface area contributed by atoms with Crippen molar-refractivity contribution in [1.82, 2.24) is 0 Å². The normalized spacial score (nSPS) is 10.5. The molecule has 52 heavy (non-hydrogen) atoms. The molecule has 7 aromatic carbocycles. The Labute approximate surface area is 328 Å². The SMILES string of the molecule is C(=C(c1ccccc1)c1ccccc1)c1ccc(-c2ccc(C=C(c3ccccc3)c3ccccc3)cc2)cc1.Fc1c(F)c(I)c(F)c(F)c1I. The summed E-state index contributed by atoms with van der Waals surface area (Å²) in [7, 11) is 0. The van der Waals surface area contributed by atoms with Crippen LogP contribution in [0.5, 0.6) is 0 Å². The van der Waals surface area contributed by atoms with Crippen molar-refractivity contribution in [1.29, 1.82) is 0 Å². The van der Waals surface area contributed by atoms with E-state index in [0.29, 0.717) is 0 Å². The van der Waals surface area contributed by atoms with E-state index in [4.69, 9.17) is 0 Å². The van der Waals surface area contributed by atoms with Gasteiger partial charge in [-0.1, -0.05) is 170 Å². The van der Waals surface area contributed by atoms with Gasteiger partial charge in [0, 0.05) is 0 Å². The lowest BCUT2D eigenvalue weighted by molar-refractivity contribution is 0.437. The van der Waals surface area contributed by atoms with E-state index in [1.165, 1.54) is 101 Å². The van der Waals surface area contributed by atoms with Gasteiger partial charge in [0.1, 0.15) is 0 Å². The van der Waals surface area contributed by atoms with Crippen LogP contribution < -0.4 is 0 Å². The van der Waals surface area contributed by atoms with E-state index >= 15 is 0 Å². The summed E-state index contributed by atoms with van der Waals surface area (Å²) in [4.78, 5) is 0. The molecule has 0 aliphatic heterocycles. The Bertz CT molecular complexity index is 1980. The zero-order valence-electron chi connectivity index (χ0n) is 27.6. The highest BCUT2D eigenvalue weighted by atomic mass is 127. The summed E-state index contributed by atoms with van der Waals surface area (Å²) in [6, 6.07) is 60.0. The zero-order valence-corrected chi connectivity index (χ0v) is 31.9. The Morgan fingerprint density at radius 2 is 0.558 bits per heavy atom. The Morgan fingerprint density at radius 1 is 0.327 bits per heavy atom. The standard InChI is InChI=1S/C40H30.C6F4I2/c1-5-13-35(14-6-1)39(36-15-7-2-8-16-36)29-31-21-25-33(26-22-31)34-27-23-32(24-28-34)30-40(37-17-9-3-10-18-37)38-19-11-4-12-20-38;7-1-2(8)6(12)4(10)3(9)5(1)11/h1-30H;. The van der Waals surface area contributed by atoms with Crippen molar-refractivity contribution in [3.63, 3.8) is 0 Å². The van der Waals surface area contributed by atoms with Crippen molar-refractivity contribution in [2.75, 3.05) is 0 Å². The number of benzene rings is 7. The number of rotatable bonds is 7. The molecule has 0 aromatic heterocycles. The predicted octanol–water partition coefficient (Wildman–Crippen LogP) is 14.0. The minimum Gasteiger partial charge on any atom is -0.202 e. The first-order chi connectivity index (χ1) is 25.3. The summed E-state index contributed by atoms with van der Waals surface area (Å²) >= 11 is 2.41. The molecule has 6 heteroatoms. The molecule has 0 radical (unpaired) electrons. The van der Waals surface area contributed by atoms with E-state index in [1.54, 1.807) is 0 Å². The summed E-state index contributed by atoms with van der Waals surface area (Å²) in [6.45, 7) is 0. The maximum absolute atomic E-state index is 12.6. The molecule has 0 amide bonds. The molecule has 0 fully saturated rings. The van der Waals surface area contributed by atoms with Crippen LogP contribution in [-0.4, -0.2) is 0 Å². The molecule has 0 atom stereocenters. The molecule has 0 nitrogen and oxygen atoms in total. The van der Waals surface area contributed by atoms with Crippen LogP contribution in [0.1, 0.15) is 33.4 Å². The van der Waals surface area contributed by atoms with E-state index in [-0.39, 0.29) is 0 Å². The minimum atomic E-state index is -1.35. The van der Waals surface area contributed by atoms with E-state index in [1.807, 2.05) is 0 Å². The van der Waals surface area contributed by atoms with Gasteiger partial charge in [-0.2, -0.15) is 0 Å². The Hall–Kier alpha value is -4.80. The minimum absolute atomic E-state index is 0.664. The fourth-order valence-corrected chi connectivity index (χ4v) is 6.54. The van der Waals surface area contributed by atoms with E-state index < -0.39 is 30.4 Å². The van der Waals surface area contributed by atoms with E-state index in [2.05, 4.69) is 182 Å². The van der Waals surface area contributed by atoms with Crippen LogP contribution in [0.25, 0.3) is 34.4 Å². The van der Waals surface area contributed by atoms with Gasteiger partial charge in [0.15, 0.2) is 23.3 Å².